The maximum Gasteiger partial charge on any atom is 0.323 e. The standard InChI is InChI=1S/C24H33N3O6S.ClH/c1-15(2)20-21-18(27(23(20)29)34(4,31)32)11-13-26(21)22(28)17-9-7-16(8-10-17)14-25-12-5-6-19(25)24(30)33-3;/h7-10,15,18-21H,5-6,11-14H2,1-4H3;1H/t18-,19-,20+,21-;/m0./s1. The second-order valence-electron chi connectivity index (χ2n) is 9.86. The molecule has 4 atom stereocenters. The first-order valence-electron chi connectivity index (χ1n) is 11.8. The highest BCUT2D eigenvalue weighted by Crippen LogP contribution is 2.41. The number of halogens is 1. The molecule has 35 heavy (non-hydrogen) atoms. The van der Waals surface area contributed by atoms with Gasteiger partial charge in [-0.05, 0) is 49.4 Å². The summed E-state index contributed by atoms with van der Waals surface area (Å²) in [5, 5.41) is 0. The van der Waals surface area contributed by atoms with Gasteiger partial charge in [-0.2, -0.15) is 0 Å². The van der Waals surface area contributed by atoms with E-state index in [1.165, 1.54) is 7.11 Å². The lowest BCUT2D eigenvalue weighted by atomic mass is 9.88. The molecule has 0 saturated carbocycles. The van der Waals surface area contributed by atoms with E-state index in [1.54, 1.807) is 17.0 Å². The van der Waals surface area contributed by atoms with E-state index in [-0.39, 0.29) is 36.2 Å². The molecule has 9 nitrogen and oxygen atoms in total. The maximum atomic E-state index is 13.4. The van der Waals surface area contributed by atoms with Gasteiger partial charge in [-0.3, -0.25) is 19.3 Å². The van der Waals surface area contributed by atoms with Gasteiger partial charge in [-0.1, -0.05) is 26.0 Å². The Morgan fingerprint density at radius 3 is 2.34 bits per heavy atom. The number of carbonyl (C=O) groups excluding carboxylic acids is 3. The maximum absolute atomic E-state index is 13.4. The largest absolute Gasteiger partial charge is 0.468 e. The first kappa shape index (κ1) is 27.4. The van der Waals surface area contributed by atoms with Crippen molar-refractivity contribution in [1.29, 1.82) is 0 Å². The molecule has 3 heterocycles. The van der Waals surface area contributed by atoms with Crippen LogP contribution in [0.4, 0.5) is 0 Å². The van der Waals surface area contributed by atoms with Crippen LogP contribution in [-0.4, -0.2) is 84.9 Å². The fourth-order valence-corrected chi connectivity index (χ4v) is 7.01. The molecule has 2 amide bonds. The van der Waals surface area contributed by atoms with Crippen LogP contribution in [0.5, 0.6) is 0 Å². The SMILES string of the molecule is COC(=O)[C@@H]1CCCN1Cc1ccc(C(=O)N2CC[C@H]3[C@H]2[C@@H](C(C)C)C(=O)N3S(C)(=O)=O)cc1.Cl. The molecule has 194 valence electrons. The van der Waals surface area contributed by atoms with Gasteiger partial charge in [0.1, 0.15) is 6.04 Å². The summed E-state index contributed by atoms with van der Waals surface area (Å²) in [5.41, 5.74) is 1.49. The number of nitrogens with zero attached hydrogens (tertiary/aromatic N) is 3. The van der Waals surface area contributed by atoms with Gasteiger partial charge in [0.05, 0.1) is 31.4 Å². The topological polar surface area (TPSA) is 104 Å². The quantitative estimate of drug-likeness (QED) is 0.520. The van der Waals surface area contributed by atoms with Crippen LogP contribution in [0.25, 0.3) is 0 Å². The number of benzene rings is 1. The van der Waals surface area contributed by atoms with Crippen molar-refractivity contribution in [2.75, 3.05) is 26.5 Å². The minimum absolute atomic E-state index is 0. The van der Waals surface area contributed by atoms with Gasteiger partial charge < -0.3 is 9.64 Å². The molecule has 11 heteroatoms. The fourth-order valence-electron chi connectivity index (χ4n) is 5.84. The number of esters is 1. The normalized spacial score (nSPS) is 26.7. The summed E-state index contributed by atoms with van der Waals surface area (Å²) in [5.74, 6) is -1.46. The molecule has 0 N–H and O–H groups in total. The fraction of sp³-hybridized carbons (Fsp3) is 0.625. The molecule has 0 spiro atoms. The van der Waals surface area contributed by atoms with Crippen LogP contribution in [0.3, 0.4) is 0 Å². The predicted octanol–water partition coefficient (Wildman–Crippen LogP) is 1.90. The number of ether oxygens (including phenoxy) is 1. The highest BCUT2D eigenvalue weighted by molar-refractivity contribution is 7.88. The molecule has 3 saturated heterocycles. The van der Waals surface area contributed by atoms with Crippen molar-refractivity contribution < 1.29 is 27.5 Å². The lowest BCUT2D eigenvalue weighted by Crippen LogP contribution is -2.44. The van der Waals surface area contributed by atoms with Crippen LogP contribution in [0.15, 0.2) is 24.3 Å². The van der Waals surface area contributed by atoms with Gasteiger partial charge in [0.15, 0.2) is 0 Å². The second kappa shape index (κ2) is 10.4. The summed E-state index contributed by atoms with van der Waals surface area (Å²) in [6.07, 6.45) is 3.22. The van der Waals surface area contributed by atoms with E-state index in [0.29, 0.717) is 25.1 Å². The summed E-state index contributed by atoms with van der Waals surface area (Å²) >= 11 is 0. The van der Waals surface area contributed by atoms with Gasteiger partial charge in [-0.15, -0.1) is 12.4 Å². The van der Waals surface area contributed by atoms with Crippen LogP contribution in [-0.2, 0) is 30.9 Å². The average molecular weight is 528 g/mol. The van der Waals surface area contributed by atoms with E-state index >= 15 is 0 Å². The van der Waals surface area contributed by atoms with Crippen molar-refractivity contribution in [2.24, 2.45) is 11.8 Å². The van der Waals surface area contributed by atoms with Gasteiger partial charge >= 0.3 is 5.97 Å². The number of hydrogen-bond acceptors (Lipinski definition) is 7. The number of carbonyl (C=O) groups is 3. The third-order valence-electron chi connectivity index (χ3n) is 7.35. The monoisotopic (exact) mass is 527 g/mol. The zero-order valence-electron chi connectivity index (χ0n) is 20.5. The summed E-state index contributed by atoms with van der Waals surface area (Å²) in [6.45, 7) is 5.60. The van der Waals surface area contributed by atoms with Crippen LogP contribution < -0.4 is 0 Å². The van der Waals surface area contributed by atoms with E-state index in [1.807, 2.05) is 26.0 Å². The van der Waals surface area contributed by atoms with Crippen LogP contribution >= 0.6 is 12.4 Å². The lowest BCUT2D eigenvalue weighted by Gasteiger charge is -2.29. The molecule has 0 aliphatic carbocycles. The molecule has 4 rings (SSSR count). The number of rotatable bonds is 6. The zero-order valence-corrected chi connectivity index (χ0v) is 22.2. The summed E-state index contributed by atoms with van der Waals surface area (Å²) in [4.78, 5) is 42.2. The highest BCUT2D eigenvalue weighted by Gasteiger charge is 2.58. The molecule has 1 aromatic rings. The Bertz CT molecular complexity index is 1080. The minimum atomic E-state index is -3.71. The van der Waals surface area contributed by atoms with Crippen molar-refractivity contribution in [1.82, 2.24) is 14.1 Å². The molecule has 0 unspecified atom stereocenters. The van der Waals surface area contributed by atoms with E-state index in [9.17, 15) is 22.8 Å². The number of fused-ring (bicyclic) bond motifs is 1. The molecule has 3 fully saturated rings. The zero-order chi connectivity index (χ0) is 24.8. The summed E-state index contributed by atoms with van der Waals surface area (Å²) < 4.78 is 30.6. The van der Waals surface area contributed by atoms with Crippen molar-refractivity contribution >= 4 is 40.2 Å². The number of hydrogen-bond donors (Lipinski definition) is 0. The summed E-state index contributed by atoms with van der Waals surface area (Å²) in [7, 11) is -2.31. The number of methoxy groups -OCH3 is 1. The minimum Gasteiger partial charge on any atom is -0.468 e. The van der Waals surface area contributed by atoms with Crippen molar-refractivity contribution in [3.05, 3.63) is 35.4 Å². The van der Waals surface area contributed by atoms with Gasteiger partial charge in [0, 0.05) is 18.7 Å². The smallest absolute Gasteiger partial charge is 0.323 e. The molecule has 0 aromatic heterocycles. The van der Waals surface area contributed by atoms with E-state index < -0.39 is 33.9 Å². The Labute approximate surface area is 213 Å². The number of sulfonamides is 1. The van der Waals surface area contributed by atoms with Crippen LogP contribution in [0.2, 0.25) is 0 Å². The Hall–Kier alpha value is -2.17. The third kappa shape index (κ3) is 5.06. The van der Waals surface area contributed by atoms with Crippen molar-refractivity contribution in [3.63, 3.8) is 0 Å². The van der Waals surface area contributed by atoms with Crippen LogP contribution in [0, 0.1) is 11.8 Å². The average Bonchev–Trinajstić information content (AvgIpc) is 3.46. The highest BCUT2D eigenvalue weighted by atomic mass is 35.5. The van der Waals surface area contributed by atoms with Gasteiger partial charge in [0.25, 0.3) is 5.91 Å². The molecule has 1 aromatic carbocycles. The molecule has 3 aliphatic heterocycles. The Kier molecular flexibility index (Phi) is 8.18. The number of amides is 2. The van der Waals surface area contributed by atoms with Crippen molar-refractivity contribution in [2.45, 2.75) is 57.8 Å². The van der Waals surface area contributed by atoms with Gasteiger partial charge in [0.2, 0.25) is 15.9 Å². The van der Waals surface area contributed by atoms with E-state index in [4.69, 9.17) is 4.74 Å². The predicted molar refractivity (Wildman–Crippen MR) is 132 cm³/mol. The molecule has 0 bridgehead atoms. The molecular weight excluding hydrogens is 494 g/mol. The molecular formula is C24H34ClN3O6S. The first-order valence-corrected chi connectivity index (χ1v) is 13.6. The summed E-state index contributed by atoms with van der Waals surface area (Å²) in [6, 6.07) is 6.10. The van der Waals surface area contributed by atoms with Crippen LogP contribution in [0.1, 0.15) is 49.0 Å². The molecule has 0 radical (unpaired) electrons. The second-order valence-corrected chi connectivity index (χ2v) is 11.7. The Balaban J connectivity index is 0.00000342. The number of likely N-dealkylation sites (tertiary alicyclic amines) is 2. The van der Waals surface area contributed by atoms with E-state index in [2.05, 4.69) is 4.90 Å². The molecule has 3 aliphatic rings. The Morgan fingerprint density at radius 2 is 1.77 bits per heavy atom. The van der Waals surface area contributed by atoms with Crippen molar-refractivity contribution in [3.8, 4) is 0 Å². The van der Waals surface area contributed by atoms with E-state index in [0.717, 1.165) is 35.5 Å². The third-order valence-corrected chi connectivity index (χ3v) is 8.52. The lowest BCUT2D eigenvalue weighted by molar-refractivity contribution is -0.146. The first-order chi connectivity index (χ1) is 16.0. The Morgan fingerprint density at radius 1 is 1.11 bits per heavy atom. The van der Waals surface area contributed by atoms with Gasteiger partial charge in [-0.25, -0.2) is 12.7 Å².